The maximum Gasteiger partial charge on any atom is 0.157 e. The third kappa shape index (κ3) is 2.69. The zero-order valence-corrected chi connectivity index (χ0v) is 13.0. The SMILES string of the molecule is COC1CC(N=C2NC(C(C)C)CCS2)C1(C)C. The Labute approximate surface area is 115 Å². The quantitative estimate of drug-likeness (QED) is 0.856. The molecule has 0 radical (unpaired) electrons. The minimum Gasteiger partial charge on any atom is -0.381 e. The van der Waals surface area contributed by atoms with Gasteiger partial charge in [0.05, 0.1) is 12.1 Å². The van der Waals surface area contributed by atoms with Gasteiger partial charge < -0.3 is 10.1 Å². The molecule has 1 aliphatic heterocycles. The van der Waals surface area contributed by atoms with Crippen LogP contribution in [0.4, 0.5) is 0 Å². The van der Waals surface area contributed by atoms with E-state index in [1.807, 2.05) is 11.8 Å². The second kappa shape index (κ2) is 5.41. The molecule has 1 saturated carbocycles. The summed E-state index contributed by atoms with van der Waals surface area (Å²) >= 11 is 1.87. The minimum atomic E-state index is 0.175. The predicted octanol–water partition coefficient (Wildman–Crippen LogP) is 2.91. The van der Waals surface area contributed by atoms with E-state index in [-0.39, 0.29) is 5.41 Å². The third-order valence-electron chi connectivity index (χ3n) is 4.46. The summed E-state index contributed by atoms with van der Waals surface area (Å²) in [7, 11) is 1.80. The Bertz CT molecular complexity index is 328. The molecule has 3 atom stereocenters. The first-order valence-corrected chi connectivity index (χ1v) is 7.93. The zero-order chi connectivity index (χ0) is 13.3. The lowest BCUT2D eigenvalue weighted by Gasteiger charge is -2.49. The van der Waals surface area contributed by atoms with Gasteiger partial charge in [0.25, 0.3) is 0 Å². The van der Waals surface area contributed by atoms with Crippen molar-refractivity contribution in [1.29, 1.82) is 0 Å². The number of rotatable bonds is 3. The molecule has 2 rings (SSSR count). The van der Waals surface area contributed by atoms with E-state index in [2.05, 4.69) is 33.0 Å². The average Bonchev–Trinajstić information content (AvgIpc) is 2.34. The largest absolute Gasteiger partial charge is 0.381 e. The molecule has 2 aliphatic rings. The minimum absolute atomic E-state index is 0.175. The molecule has 1 saturated heterocycles. The van der Waals surface area contributed by atoms with Crippen LogP contribution in [0.15, 0.2) is 4.99 Å². The highest BCUT2D eigenvalue weighted by Gasteiger charge is 2.49. The number of amidine groups is 1. The van der Waals surface area contributed by atoms with E-state index < -0.39 is 0 Å². The molecular weight excluding hydrogens is 244 g/mol. The van der Waals surface area contributed by atoms with Gasteiger partial charge in [-0.25, -0.2) is 0 Å². The number of hydrogen-bond donors (Lipinski definition) is 1. The van der Waals surface area contributed by atoms with Crippen LogP contribution in [0.2, 0.25) is 0 Å². The maximum absolute atomic E-state index is 5.48. The normalized spacial score (nSPS) is 37.4. The van der Waals surface area contributed by atoms with Crippen molar-refractivity contribution in [3.8, 4) is 0 Å². The highest BCUT2D eigenvalue weighted by molar-refractivity contribution is 8.13. The zero-order valence-electron chi connectivity index (χ0n) is 12.2. The topological polar surface area (TPSA) is 33.6 Å². The van der Waals surface area contributed by atoms with E-state index in [0.717, 1.165) is 11.6 Å². The summed E-state index contributed by atoms with van der Waals surface area (Å²) in [6, 6.07) is 0.995. The second-order valence-corrected chi connectivity index (χ2v) is 7.45. The summed E-state index contributed by atoms with van der Waals surface area (Å²) in [4.78, 5) is 4.91. The first-order valence-electron chi connectivity index (χ1n) is 6.95. The summed E-state index contributed by atoms with van der Waals surface area (Å²) in [6.07, 6.45) is 2.67. The second-order valence-electron chi connectivity index (χ2n) is 6.36. The van der Waals surface area contributed by atoms with Crippen molar-refractivity contribution in [3.63, 3.8) is 0 Å². The molecule has 3 nitrogen and oxygen atoms in total. The fraction of sp³-hybridized carbons (Fsp3) is 0.929. The van der Waals surface area contributed by atoms with Crippen molar-refractivity contribution < 1.29 is 4.74 Å². The lowest BCUT2D eigenvalue weighted by atomic mass is 9.65. The molecule has 104 valence electrons. The van der Waals surface area contributed by atoms with Crippen LogP contribution in [0.5, 0.6) is 0 Å². The standard InChI is InChI=1S/C14H26N2OS/c1-9(2)10-6-7-18-13(15-10)16-11-8-12(17-5)14(11,3)4/h9-12H,6-8H2,1-5H3,(H,15,16). The predicted molar refractivity (Wildman–Crippen MR) is 79.3 cm³/mol. The molecule has 0 bridgehead atoms. The van der Waals surface area contributed by atoms with Gasteiger partial charge >= 0.3 is 0 Å². The molecule has 0 amide bonds. The molecule has 1 aliphatic carbocycles. The van der Waals surface area contributed by atoms with Crippen molar-refractivity contribution in [2.75, 3.05) is 12.9 Å². The summed E-state index contributed by atoms with van der Waals surface area (Å²) in [5.41, 5.74) is 0.175. The number of nitrogens with one attached hydrogen (secondary N) is 1. The lowest BCUT2D eigenvalue weighted by Crippen LogP contribution is -2.54. The summed E-state index contributed by atoms with van der Waals surface area (Å²) < 4.78 is 5.48. The van der Waals surface area contributed by atoms with Gasteiger partial charge in [0.1, 0.15) is 0 Å². The van der Waals surface area contributed by atoms with E-state index in [9.17, 15) is 0 Å². The van der Waals surface area contributed by atoms with Crippen LogP contribution in [-0.4, -0.2) is 36.2 Å². The van der Waals surface area contributed by atoms with Crippen LogP contribution in [0.3, 0.4) is 0 Å². The first kappa shape index (κ1) is 14.2. The van der Waals surface area contributed by atoms with Crippen LogP contribution in [0.1, 0.15) is 40.5 Å². The number of nitrogens with zero attached hydrogens (tertiary/aromatic N) is 1. The van der Waals surface area contributed by atoms with Crippen LogP contribution in [0, 0.1) is 11.3 Å². The van der Waals surface area contributed by atoms with Gasteiger partial charge in [-0.05, 0) is 18.8 Å². The average molecular weight is 270 g/mol. The van der Waals surface area contributed by atoms with Crippen molar-refractivity contribution in [3.05, 3.63) is 0 Å². The van der Waals surface area contributed by atoms with E-state index in [0.29, 0.717) is 24.1 Å². The number of methoxy groups -OCH3 is 1. The molecule has 0 aromatic carbocycles. The fourth-order valence-electron chi connectivity index (χ4n) is 2.75. The molecule has 18 heavy (non-hydrogen) atoms. The van der Waals surface area contributed by atoms with E-state index in [1.165, 1.54) is 12.2 Å². The van der Waals surface area contributed by atoms with E-state index >= 15 is 0 Å². The Morgan fingerprint density at radius 1 is 1.44 bits per heavy atom. The fourth-order valence-corrected chi connectivity index (χ4v) is 3.76. The van der Waals surface area contributed by atoms with E-state index in [4.69, 9.17) is 9.73 Å². The Hall–Kier alpha value is -0.220. The van der Waals surface area contributed by atoms with Crippen molar-refractivity contribution in [1.82, 2.24) is 5.32 Å². The van der Waals surface area contributed by atoms with Crippen LogP contribution in [0.25, 0.3) is 0 Å². The van der Waals surface area contributed by atoms with Gasteiger partial charge in [-0.3, -0.25) is 4.99 Å². The number of aliphatic imine (C=N–C) groups is 1. The van der Waals surface area contributed by atoms with Gasteiger partial charge in [0.2, 0.25) is 0 Å². The number of hydrogen-bond acceptors (Lipinski definition) is 3. The summed E-state index contributed by atoms with van der Waals surface area (Å²) in [6.45, 7) is 9.07. The maximum atomic E-state index is 5.48. The monoisotopic (exact) mass is 270 g/mol. The molecular formula is C14H26N2OS. The Kier molecular flexibility index (Phi) is 4.27. The Balaban J connectivity index is 1.97. The van der Waals surface area contributed by atoms with Crippen LogP contribution in [-0.2, 0) is 4.74 Å². The lowest BCUT2D eigenvalue weighted by molar-refractivity contribution is -0.0850. The van der Waals surface area contributed by atoms with Gasteiger partial charge in [0, 0.05) is 24.3 Å². The molecule has 2 fully saturated rings. The van der Waals surface area contributed by atoms with Crippen molar-refractivity contribution >= 4 is 16.9 Å². The smallest absolute Gasteiger partial charge is 0.157 e. The van der Waals surface area contributed by atoms with Gasteiger partial charge in [-0.1, -0.05) is 39.5 Å². The van der Waals surface area contributed by atoms with Gasteiger partial charge in [-0.15, -0.1) is 0 Å². The number of ether oxygens (including phenoxy) is 1. The molecule has 0 aromatic rings. The Morgan fingerprint density at radius 2 is 2.17 bits per heavy atom. The van der Waals surface area contributed by atoms with E-state index in [1.54, 1.807) is 7.11 Å². The summed E-state index contributed by atoms with van der Waals surface area (Å²) in [5, 5.41) is 4.74. The van der Waals surface area contributed by atoms with Crippen LogP contribution >= 0.6 is 11.8 Å². The van der Waals surface area contributed by atoms with Gasteiger partial charge in [0.15, 0.2) is 5.17 Å². The van der Waals surface area contributed by atoms with Gasteiger partial charge in [-0.2, -0.15) is 0 Å². The third-order valence-corrected chi connectivity index (χ3v) is 5.40. The molecule has 3 unspecified atom stereocenters. The molecule has 0 spiro atoms. The highest BCUT2D eigenvalue weighted by Crippen LogP contribution is 2.45. The first-order chi connectivity index (χ1) is 8.45. The van der Waals surface area contributed by atoms with Crippen molar-refractivity contribution in [2.45, 2.75) is 58.7 Å². The van der Waals surface area contributed by atoms with Crippen LogP contribution < -0.4 is 5.32 Å². The number of thioether (sulfide) groups is 1. The molecule has 1 N–H and O–H groups in total. The Morgan fingerprint density at radius 3 is 2.72 bits per heavy atom. The highest BCUT2D eigenvalue weighted by atomic mass is 32.2. The molecule has 0 aromatic heterocycles. The van der Waals surface area contributed by atoms with Crippen molar-refractivity contribution in [2.24, 2.45) is 16.3 Å². The molecule has 1 heterocycles. The molecule has 4 heteroatoms. The summed E-state index contributed by atoms with van der Waals surface area (Å²) in [5.74, 6) is 1.87.